The molecule has 2 N–H and O–H groups in total. The molecule has 0 aliphatic carbocycles. The quantitative estimate of drug-likeness (QED) is 0.224. The minimum absolute atomic E-state index is 0.269. The van der Waals surface area contributed by atoms with Crippen molar-refractivity contribution < 1.29 is 15.0 Å². The van der Waals surface area contributed by atoms with Gasteiger partial charge in [0.15, 0.2) is 0 Å². The van der Waals surface area contributed by atoms with Gasteiger partial charge in [0, 0.05) is 0 Å². The summed E-state index contributed by atoms with van der Waals surface area (Å²) < 4.78 is 0. The van der Waals surface area contributed by atoms with Crippen LogP contribution in [0, 0.1) is 5.92 Å². The number of hydrogen-bond donors (Lipinski definition) is 2. The van der Waals surface area contributed by atoms with E-state index >= 15 is 0 Å². The lowest BCUT2D eigenvalue weighted by molar-refractivity contribution is -0.142. The first kappa shape index (κ1) is 25.4. The number of unbranched alkanes of at least 4 members (excludes halogenated alkanes) is 12. The molecule has 2 unspecified atom stereocenters. The van der Waals surface area contributed by atoms with Gasteiger partial charge in [0.1, 0.15) is 0 Å². The molecule has 3 heteroatoms. The number of carbonyl (C=O) groups is 1. The second-order valence-electron chi connectivity index (χ2n) is 8.09. The van der Waals surface area contributed by atoms with Crippen LogP contribution in [0.25, 0.3) is 0 Å². The third-order valence-corrected chi connectivity index (χ3v) is 5.49. The van der Waals surface area contributed by atoms with Crippen LogP contribution in [0.5, 0.6) is 0 Å². The summed E-state index contributed by atoms with van der Waals surface area (Å²) in [5.41, 5.74) is 0. The van der Waals surface area contributed by atoms with Crippen molar-refractivity contribution in [1.29, 1.82) is 0 Å². The van der Waals surface area contributed by atoms with Gasteiger partial charge in [-0.25, -0.2) is 0 Å². The number of carboxylic acids is 1. The molecule has 0 amide bonds. The largest absolute Gasteiger partial charge is 0.481 e. The number of aliphatic hydroxyl groups excluding tert-OH is 1. The molecule has 26 heavy (non-hydrogen) atoms. The summed E-state index contributed by atoms with van der Waals surface area (Å²) in [4.78, 5) is 11.4. The highest BCUT2D eigenvalue weighted by atomic mass is 16.4. The van der Waals surface area contributed by atoms with Gasteiger partial charge in [0.2, 0.25) is 0 Å². The maximum Gasteiger partial charge on any atom is 0.306 e. The smallest absolute Gasteiger partial charge is 0.306 e. The van der Waals surface area contributed by atoms with E-state index < -0.39 is 5.97 Å². The average Bonchev–Trinajstić information content (AvgIpc) is 2.62. The van der Waals surface area contributed by atoms with Gasteiger partial charge in [-0.2, -0.15) is 0 Å². The molecule has 0 bridgehead atoms. The van der Waals surface area contributed by atoms with Crippen molar-refractivity contribution in [2.24, 2.45) is 5.92 Å². The molecule has 0 aliphatic heterocycles. The molecule has 3 nitrogen and oxygen atoms in total. The van der Waals surface area contributed by atoms with E-state index in [2.05, 4.69) is 13.8 Å². The van der Waals surface area contributed by atoms with Crippen molar-refractivity contribution in [2.45, 2.75) is 136 Å². The topological polar surface area (TPSA) is 57.5 Å². The minimum atomic E-state index is -0.681. The van der Waals surface area contributed by atoms with Crippen molar-refractivity contribution in [3.05, 3.63) is 0 Å². The summed E-state index contributed by atoms with van der Waals surface area (Å²) in [7, 11) is 0. The van der Waals surface area contributed by atoms with E-state index in [4.69, 9.17) is 0 Å². The fraction of sp³-hybridized carbons (Fsp3) is 0.957. The summed E-state index contributed by atoms with van der Waals surface area (Å²) in [5.74, 6) is -0.951. The molecule has 0 saturated heterocycles. The molecule has 0 aromatic heterocycles. The van der Waals surface area contributed by atoms with E-state index in [1.54, 1.807) is 0 Å². The molecule has 156 valence electrons. The lowest BCUT2D eigenvalue weighted by atomic mass is 9.93. The SMILES string of the molecule is CCCCCCCCCCCCC(CCC(O)CCCCCC)C(=O)O. The number of carboxylic acid groups (broad SMARTS) is 1. The first-order valence-electron chi connectivity index (χ1n) is 11.5. The van der Waals surface area contributed by atoms with Crippen LogP contribution in [-0.2, 0) is 4.79 Å². The highest BCUT2D eigenvalue weighted by Crippen LogP contribution is 2.20. The number of aliphatic carboxylic acids is 1. The molecular weight excluding hydrogens is 324 g/mol. The van der Waals surface area contributed by atoms with Gasteiger partial charge in [-0.15, -0.1) is 0 Å². The van der Waals surface area contributed by atoms with Crippen molar-refractivity contribution in [3.63, 3.8) is 0 Å². The van der Waals surface area contributed by atoms with Crippen LogP contribution in [0.3, 0.4) is 0 Å². The molecule has 0 rings (SSSR count). The Balaban J connectivity index is 3.62. The van der Waals surface area contributed by atoms with Gasteiger partial charge in [0.25, 0.3) is 0 Å². The number of aliphatic hydroxyl groups is 1. The fourth-order valence-electron chi connectivity index (χ4n) is 3.61. The van der Waals surface area contributed by atoms with Crippen molar-refractivity contribution in [2.75, 3.05) is 0 Å². The molecule has 0 aliphatic rings. The molecule has 0 saturated carbocycles. The highest BCUT2D eigenvalue weighted by molar-refractivity contribution is 5.69. The van der Waals surface area contributed by atoms with E-state index in [9.17, 15) is 15.0 Å². The monoisotopic (exact) mass is 370 g/mol. The zero-order chi connectivity index (χ0) is 19.5. The Morgan fingerprint density at radius 3 is 1.54 bits per heavy atom. The van der Waals surface area contributed by atoms with Crippen molar-refractivity contribution in [1.82, 2.24) is 0 Å². The predicted octanol–water partition coefficient (Wildman–Crippen LogP) is 7.11. The summed E-state index contributed by atoms with van der Waals surface area (Å²) in [5, 5.41) is 19.4. The Kier molecular flexibility index (Phi) is 18.8. The Hall–Kier alpha value is -0.570. The second kappa shape index (κ2) is 19.2. The average molecular weight is 371 g/mol. The van der Waals surface area contributed by atoms with E-state index in [0.29, 0.717) is 12.8 Å². The maximum absolute atomic E-state index is 11.4. The van der Waals surface area contributed by atoms with E-state index in [1.165, 1.54) is 70.6 Å². The zero-order valence-corrected chi connectivity index (χ0v) is 17.7. The Morgan fingerprint density at radius 1 is 0.615 bits per heavy atom. The Bertz CT molecular complexity index is 304. The van der Waals surface area contributed by atoms with Gasteiger partial charge in [-0.05, 0) is 25.7 Å². The molecule has 0 radical (unpaired) electrons. The van der Waals surface area contributed by atoms with Gasteiger partial charge < -0.3 is 10.2 Å². The third-order valence-electron chi connectivity index (χ3n) is 5.49. The highest BCUT2D eigenvalue weighted by Gasteiger charge is 2.18. The molecule has 2 atom stereocenters. The van der Waals surface area contributed by atoms with Crippen LogP contribution in [-0.4, -0.2) is 22.3 Å². The van der Waals surface area contributed by atoms with Crippen molar-refractivity contribution >= 4 is 5.97 Å². The van der Waals surface area contributed by atoms with Crippen LogP contribution in [0.2, 0.25) is 0 Å². The zero-order valence-electron chi connectivity index (χ0n) is 17.7. The third kappa shape index (κ3) is 16.9. The first-order valence-corrected chi connectivity index (χ1v) is 11.5. The molecular formula is C23H46O3. The van der Waals surface area contributed by atoms with Gasteiger partial charge >= 0.3 is 5.97 Å². The lowest BCUT2D eigenvalue weighted by Crippen LogP contribution is -2.17. The van der Waals surface area contributed by atoms with Crippen LogP contribution in [0.15, 0.2) is 0 Å². The molecule has 0 heterocycles. The Morgan fingerprint density at radius 2 is 1.04 bits per heavy atom. The molecule has 0 spiro atoms. The molecule has 0 aromatic carbocycles. The van der Waals surface area contributed by atoms with Gasteiger partial charge in [-0.3, -0.25) is 4.79 Å². The van der Waals surface area contributed by atoms with Gasteiger partial charge in [0.05, 0.1) is 12.0 Å². The minimum Gasteiger partial charge on any atom is -0.481 e. The van der Waals surface area contributed by atoms with Crippen LogP contribution < -0.4 is 0 Å². The van der Waals surface area contributed by atoms with Crippen LogP contribution in [0.1, 0.15) is 129 Å². The Labute approximate surface area is 163 Å². The number of rotatable bonds is 20. The van der Waals surface area contributed by atoms with Crippen LogP contribution in [0.4, 0.5) is 0 Å². The summed E-state index contributed by atoms with van der Waals surface area (Å²) in [6.45, 7) is 4.43. The van der Waals surface area contributed by atoms with Crippen LogP contribution >= 0.6 is 0 Å². The normalized spacial score (nSPS) is 13.7. The maximum atomic E-state index is 11.4. The van der Waals surface area contributed by atoms with E-state index in [-0.39, 0.29) is 12.0 Å². The summed E-state index contributed by atoms with van der Waals surface area (Å²) in [6.07, 6.45) is 20.0. The van der Waals surface area contributed by atoms with Gasteiger partial charge in [-0.1, -0.05) is 104 Å². The number of hydrogen-bond acceptors (Lipinski definition) is 2. The standard InChI is InChI=1S/C23H46O3/c1-3-5-7-9-10-11-12-13-14-15-17-21(23(25)26)19-20-22(24)18-16-8-6-4-2/h21-22,24H,3-20H2,1-2H3,(H,25,26). The predicted molar refractivity (Wildman–Crippen MR) is 112 cm³/mol. The lowest BCUT2D eigenvalue weighted by Gasteiger charge is -2.15. The van der Waals surface area contributed by atoms with Crippen molar-refractivity contribution in [3.8, 4) is 0 Å². The molecule has 0 fully saturated rings. The fourth-order valence-corrected chi connectivity index (χ4v) is 3.61. The molecule has 0 aromatic rings. The first-order chi connectivity index (χ1) is 12.6. The van der Waals surface area contributed by atoms with E-state index in [0.717, 1.165) is 32.1 Å². The van der Waals surface area contributed by atoms with E-state index in [1.807, 2.05) is 0 Å². The summed E-state index contributed by atoms with van der Waals surface area (Å²) >= 11 is 0. The second-order valence-corrected chi connectivity index (χ2v) is 8.09. The summed E-state index contributed by atoms with van der Waals surface area (Å²) in [6, 6.07) is 0.